The molecule has 0 aliphatic heterocycles. The number of primary amides is 3. The third-order valence-electron chi connectivity index (χ3n) is 14.1. The fourth-order valence-electron chi connectivity index (χ4n) is 9.23. The molecule has 20 N–H and O–H groups in total. The minimum Gasteiger partial charge on any atom is -0.480 e. The zero-order valence-corrected chi connectivity index (χ0v) is 49.3. The van der Waals surface area contributed by atoms with Crippen molar-refractivity contribution in [3.8, 4) is 0 Å². The summed E-state index contributed by atoms with van der Waals surface area (Å²) in [5.74, 6) is -12.2. The molecular formula is C58H88N14O13. The van der Waals surface area contributed by atoms with Crippen molar-refractivity contribution in [3.63, 3.8) is 0 Å². The third-order valence-corrected chi connectivity index (χ3v) is 14.1. The zero-order valence-electron chi connectivity index (χ0n) is 49.3. The smallest absolute Gasteiger partial charge is 0.326 e. The van der Waals surface area contributed by atoms with E-state index in [0.717, 1.165) is 16.5 Å². The summed E-state index contributed by atoms with van der Waals surface area (Å²) in [6.07, 6.45) is 0.463. The maximum atomic E-state index is 14.6. The van der Waals surface area contributed by atoms with Crippen molar-refractivity contribution in [2.24, 2.45) is 46.4 Å². The van der Waals surface area contributed by atoms with E-state index < -0.39 is 163 Å². The molecule has 3 aromatic rings. The number of aliphatic carboxylic acids is 1. The van der Waals surface area contributed by atoms with E-state index in [2.05, 4.69) is 47.5 Å². The topological polar surface area (TPSA) is 467 Å². The fraction of sp³-hybridized carbons (Fsp3) is 0.552. The predicted octanol–water partition coefficient (Wildman–Crippen LogP) is -1.08. The summed E-state index contributed by atoms with van der Waals surface area (Å²) in [7, 11) is 0. The van der Waals surface area contributed by atoms with Crippen LogP contribution in [0.25, 0.3) is 10.9 Å². The second-order valence-corrected chi connectivity index (χ2v) is 22.2. The molecule has 85 heavy (non-hydrogen) atoms. The highest BCUT2D eigenvalue weighted by Crippen LogP contribution is 2.20. The quantitative estimate of drug-likeness (QED) is 0.0302. The Bertz CT molecular complexity index is 2770. The normalized spacial score (nSPS) is 14.8. The number of amides is 11. The van der Waals surface area contributed by atoms with Crippen LogP contribution in [0.3, 0.4) is 0 Å². The van der Waals surface area contributed by atoms with Gasteiger partial charge in [0.05, 0.1) is 12.5 Å². The van der Waals surface area contributed by atoms with Gasteiger partial charge in [-0.25, -0.2) is 4.79 Å². The number of aromatic amines is 1. The molecule has 468 valence electrons. The average Bonchev–Trinajstić information content (AvgIpc) is 3.60. The van der Waals surface area contributed by atoms with E-state index in [4.69, 9.17) is 28.7 Å². The molecule has 0 saturated carbocycles. The number of carbonyl (C=O) groups excluding carboxylic acids is 11. The van der Waals surface area contributed by atoms with Gasteiger partial charge in [-0.2, -0.15) is 0 Å². The Morgan fingerprint density at radius 2 is 0.953 bits per heavy atom. The maximum Gasteiger partial charge on any atom is 0.326 e. The molecule has 10 atom stereocenters. The number of carboxylic acids is 1. The van der Waals surface area contributed by atoms with Crippen LogP contribution >= 0.6 is 0 Å². The lowest BCUT2D eigenvalue weighted by atomic mass is 9.96. The Morgan fingerprint density at radius 3 is 1.42 bits per heavy atom. The van der Waals surface area contributed by atoms with Gasteiger partial charge in [0.2, 0.25) is 65.0 Å². The van der Waals surface area contributed by atoms with Crippen LogP contribution < -0.4 is 71.2 Å². The van der Waals surface area contributed by atoms with Crippen molar-refractivity contribution in [3.05, 3.63) is 71.9 Å². The van der Waals surface area contributed by atoms with Crippen LogP contribution in [0, 0.1) is 17.8 Å². The van der Waals surface area contributed by atoms with Crippen LogP contribution in [0.2, 0.25) is 0 Å². The summed E-state index contributed by atoms with van der Waals surface area (Å²) in [5.41, 5.74) is 30.5. The molecule has 0 spiro atoms. The standard InChI is InChI=1S/C58H88N14O13/c1-7-33(6)49(72-50(76)37(60)28-35-30-64-38-18-12-11-17-36(35)38)57(83)70-44(27-34-15-9-8-10-16-34)56(82)69-43(26-32(4)5)54(80)65-39(19-13-14-24-59)51(77)66-40(20-22-46(61)73)52(78)68-42(25-31(2)3)55(81)67-41(21-23-47(62)74)53(79)71-45(58(84)85)29-48(63)75/h8-12,15-18,30-33,37,39-45,49,64H,7,13-14,19-29,59-60H2,1-6H3,(H2,61,73)(H2,62,74)(H2,63,75)(H,65,80)(H,66,77)(H,67,81)(H,68,78)(H,69,82)(H,70,83)(H,71,79)(H,72,76)(H,84,85)/t33-,37-,39-,40-,41-,42-,43-,44-,45-,49-/m0/s1. The van der Waals surface area contributed by atoms with Gasteiger partial charge in [0.25, 0.3) is 0 Å². The summed E-state index contributed by atoms with van der Waals surface area (Å²) in [6, 6.07) is 3.73. The molecule has 0 aliphatic rings. The molecule has 0 saturated heterocycles. The number of fused-ring (bicyclic) bond motifs is 1. The minimum absolute atomic E-state index is 0.0303. The summed E-state index contributed by atoms with van der Waals surface area (Å²) in [5, 5.41) is 31.2. The van der Waals surface area contributed by atoms with E-state index in [-0.39, 0.29) is 56.9 Å². The first-order valence-electron chi connectivity index (χ1n) is 28.7. The van der Waals surface area contributed by atoms with Crippen molar-refractivity contribution in [2.75, 3.05) is 6.54 Å². The third kappa shape index (κ3) is 24.7. The lowest BCUT2D eigenvalue weighted by Crippen LogP contribution is -2.61. The fourth-order valence-corrected chi connectivity index (χ4v) is 9.23. The summed E-state index contributed by atoms with van der Waals surface area (Å²) in [4.78, 5) is 164. The van der Waals surface area contributed by atoms with Crippen molar-refractivity contribution >= 4 is 81.9 Å². The van der Waals surface area contributed by atoms with E-state index in [1.807, 2.05) is 31.2 Å². The second kappa shape index (κ2) is 35.6. The first-order chi connectivity index (χ1) is 40.1. The van der Waals surface area contributed by atoms with Crippen LogP contribution in [0.5, 0.6) is 0 Å². The molecule has 0 unspecified atom stereocenters. The second-order valence-electron chi connectivity index (χ2n) is 22.2. The number of aromatic nitrogens is 1. The lowest BCUT2D eigenvalue weighted by molar-refractivity contribution is -0.144. The Balaban J connectivity index is 1.92. The number of nitrogens with one attached hydrogen (secondary N) is 9. The van der Waals surface area contributed by atoms with Gasteiger partial charge in [-0.15, -0.1) is 0 Å². The molecule has 27 nitrogen and oxygen atoms in total. The predicted molar refractivity (Wildman–Crippen MR) is 315 cm³/mol. The first-order valence-corrected chi connectivity index (χ1v) is 28.7. The number of H-pyrrole nitrogens is 1. The molecule has 2 aromatic carbocycles. The number of carbonyl (C=O) groups is 12. The number of nitrogens with two attached hydrogens (primary N) is 5. The van der Waals surface area contributed by atoms with E-state index in [1.54, 1.807) is 71.1 Å². The van der Waals surface area contributed by atoms with Gasteiger partial charge in [-0.05, 0) is 92.9 Å². The van der Waals surface area contributed by atoms with Crippen molar-refractivity contribution in [1.82, 2.24) is 47.5 Å². The minimum atomic E-state index is -1.80. The first kappa shape index (κ1) is 70.8. The SMILES string of the molecule is CC[C@H](C)[C@H](NC(=O)[C@@H](N)Cc1c[nH]c2ccccc12)C(=O)N[C@@H](Cc1ccccc1)C(=O)N[C@@H](CC(C)C)C(=O)N[C@@H](CCCCN)C(=O)N[C@@H](CCC(N)=O)C(=O)N[C@@H](CC(C)C)C(=O)N[C@@H](CCC(N)=O)C(=O)N[C@@H](CC(N)=O)C(=O)O. The van der Waals surface area contributed by atoms with Crippen LogP contribution in [0.4, 0.5) is 0 Å². The molecule has 1 aromatic heterocycles. The highest BCUT2D eigenvalue weighted by atomic mass is 16.4. The molecule has 0 fully saturated rings. The number of carboxylic acid groups (broad SMARTS) is 1. The largest absolute Gasteiger partial charge is 0.480 e. The number of hydrogen-bond donors (Lipinski definition) is 15. The van der Waals surface area contributed by atoms with Crippen molar-refractivity contribution < 1.29 is 62.6 Å². The van der Waals surface area contributed by atoms with Crippen LogP contribution in [0.1, 0.15) is 123 Å². The van der Waals surface area contributed by atoms with Crippen molar-refractivity contribution in [2.45, 2.75) is 179 Å². The Morgan fingerprint density at radius 1 is 0.506 bits per heavy atom. The number of unbranched alkanes of at least 4 members (excludes halogenated alkanes) is 1. The van der Waals surface area contributed by atoms with Gasteiger partial charge in [-0.3, -0.25) is 52.7 Å². The van der Waals surface area contributed by atoms with Crippen molar-refractivity contribution in [1.29, 1.82) is 0 Å². The number of para-hydroxylation sites is 1. The monoisotopic (exact) mass is 1190 g/mol. The van der Waals surface area contributed by atoms with Crippen LogP contribution in [0.15, 0.2) is 60.8 Å². The zero-order chi connectivity index (χ0) is 63.5. The van der Waals surface area contributed by atoms with Gasteiger partial charge in [0.15, 0.2) is 0 Å². The van der Waals surface area contributed by atoms with E-state index in [1.165, 1.54) is 0 Å². The highest BCUT2D eigenvalue weighted by Gasteiger charge is 2.37. The summed E-state index contributed by atoms with van der Waals surface area (Å²) < 4.78 is 0. The Labute approximate surface area is 494 Å². The Kier molecular flexibility index (Phi) is 29.7. The number of hydrogen-bond acceptors (Lipinski definition) is 14. The Hall–Kier alpha value is -8.46. The van der Waals surface area contributed by atoms with Gasteiger partial charge in [-0.1, -0.05) is 96.5 Å². The number of rotatable bonds is 39. The molecule has 0 aliphatic carbocycles. The van der Waals surface area contributed by atoms with Gasteiger partial charge < -0.3 is 81.3 Å². The average molecular weight is 1190 g/mol. The van der Waals surface area contributed by atoms with Crippen LogP contribution in [-0.4, -0.2) is 142 Å². The molecule has 27 heteroatoms. The van der Waals surface area contributed by atoms with E-state index in [0.29, 0.717) is 18.4 Å². The molecule has 0 bridgehead atoms. The summed E-state index contributed by atoms with van der Waals surface area (Å²) in [6.45, 7) is 10.8. The molecular weight excluding hydrogens is 1100 g/mol. The molecule has 1 heterocycles. The molecule has 0 radical (unpaired) electrons. The molecule has 11 amide bonds. The highest BCUT2D eigenvalue weighted by molar-refractivity contribution is 5.99. The van der Waals surface area contributed by atoms with Gasteiger partial charge in [0, 0.05) is 36.4 Å². The number of benzene rings is 2. The molecule has 3 rings (SSSR count). The van der Waals surface area contributed by atoms with E-state index in [9.17, 15) is 62.6 Å². The van der Waals surface area contributed by atoms with Gasteiger partial charge >= 0.3 is 5.97 Å². The van der Waals surface area contributed by atoms with Crippen LogP contribution in [-0.2, 0) is 70.4 Å². The maximum absolute atomic E-state index is 14.6. The summed E-state index contributed by atoms with van der Waals surface area (Å²) >= 11 is 0. The van der Waals surface area contributed by atoms with E-state index >= 15 is 0 Å². The van der Waals surface area contributed by atoms with Gasteiger partial charge in [0.1, 0.15) is 48.3 Å². The lowest BCUT2D eigenvalue weighted by Gasteiger charge is -2.29.